The molecule has 4 rings (SSSR count). The van der Waals surface area contributed by atoms with E-state index in [-0.39, 0.29) is 0 Å². The fourth-order valence-electron chi connectivity index (χ4n) is 5.78. The van der Waals surface area contributed by atoms with Gasteiger partial charge in [0.15, 0.2) is 0 Å². The highest BCUT2D eigenvalue weighted by atomic mass is 16.2. The predicted octanol–water partition coefficient (Wildman–Crippen LogP) is 3.87. The van der Waals surface area contributed by atoms with E-state index in [1.165, 1.54) is 77.4 Å². The standard InChI is InChI=1S/C23H38N4O/c1-20-8-15-27(24-20)16-10-22(28)26-17-12-23(19-26)11-5-13-25(18-23)14-9-21-6-3-2-4-7-21/h8,15,21H,2-7,9-14,16-19H2,1H3. The summed E-state index contributed by atoms with van der Waals surface area (Å²) in [4.78, 5) is 17.6. The van der Waals surface area contributed by atoms with Gasteiger partial charge in [-0.15, -0.1) is 0 Å². The summed E-state index contributed by atoms with van der Waals surface area (Å²) in [5.41, 5.74) is 1.38. The Labute approximate surface area is 170 Å². The van der Waals surface area contributed by atoms with Crippen LogP contribution in [0.2, 0.25) is 0 Å². The van der Waals surface area contributed by atoms with Gasteiger partial charge in [-0.1, -0.05) is 32.1 Å². The van der Waals surface area contributed by atoms with E-state index in [0.717, 1.165) is 24.7 Å². The Balaban J connectivity index is 1.23. The second kappa shape index (κ2) is 8.98. The van der Waals surface area contributed by atoms with Crippen LogP contribution >= 0.6 is 0 Å². The van der Waals surface area contributed by atoms with Gasteiger partial charge in [0.1, 0.15) is 0 Å². The zero-order valence-corrected chi connectivity index (χ0v) is 17.7. The van der Waals surface area contributed by atoms with Crippen molar-refractivity contribution in [1.82, 2.24) is 19.6 Å². The highest BCUT2D eigenvalue weighted by Gasteiger charge is 2.42. The Morgan fingerprint density at radius 3 is 2.75 bits per heavy atom. The Bertz CT molecular complexity index is 651. The average molecular weight is 387 g/mol. The Morgan fingerprint density at radius 2 is 1.96 bits per heavy atom. The molecule has 5 nitrogen and oxygen atoms in total. The molecule has 1 amide bonds. The summed E-state index contributed by atoms with van der Waals surface area (Å²) in [6, 6.07) is 2.00. The lowest BCUT2D eigenvalue weighted by Gasteiger charge is -2.41. The Morgan fingerprint density at radius 1 is 1.11 bits per heavy atom. The van der Waals surface area contributed by atoms with E-state index < -0.39 is 0 Å². The number of rotatable bonds is 6. The summed E-state index contributed by atoms with van der Waals surface area (Å²) in [7, 11) is 0. The maximum absolute atomic E-state index is 12.7. The summed E-state index contributed by atoms with van der Waals surface area (Å²) in [5.74, 6) is 1.28. The van der Waals surface area contributed by atoms with Gasteiger partial charge in [-0.3, -0.25) is 9.48 Å². The molecule has 2 aliphatic heterocycles. The maximum Gasteiger partial charge on any atom is 0.224 e. The minimum atomic E-state index is 0.310. The SMILES string of the molecule is Cc1ccn(CCC(=O)N2CCC3(CCCN(CCC4CCCCC4)C3)C2)n1. The van der Waals surface area contributed by atoms with Crippen LogP contribution in [0.4, 0.5) is 0 Å². The molecule has 156 valence electrons. The lowest BCUT2D eigenvalue weighted by molar-refractivity contribution is -0.131. The summed E-state index contributed by atoms with van der Waals surface area (Å²) in [6.07, 6.45) is 15.0. The second-order valence-corrected chi connectivity index (χ2v) is 9.71. The maximum atomic E-state index is 12.7. The summed E-state index contributed by atoms with van der Waals surface area (Å²) in [5, 5.41) is 4.40. The number of hydrogen-bond acceptors (Lipinski definition) is 3. The fourth-order valence-corrected chi connectivity index (χ4v) is 5.78. The topological polar surface area (TPSA) is 41.4 Å². The van der Waals surface area contributed by atoms with Crippen molar-refractivity contribution in [2.45, 2.75) is 77.7 Å². The third-order valence-electron chi connectivity index (χ3n) is 7.44. The van der Waals surface area contributed by atoms with E-state index in [0.29, 0.717) is 24.3 Å². The van der Waals surface area contributed by atoms with Crippen molar-refractivity contribution in [3.05, 3.63) is 18.0 Å². The molecule has 1 spiro atoms. The van der Waals surface area contributed by atoms with Crippen molar-refractivity contribution < 1.29 is 4.79 Å². The fraction of sp³-hybridized carbons (Fsp3) is 0.826. The first-order chi connectivity index (χ1) is 13.6. The highest BCUT2D eigenvalue weighted by molar-refractivity contribution is 5.76. The smallest absolute Gasteiger partial charge is 0.224 e. The zero-order valence-electron chi connectivity index (χ0n) is 17.7. The van der Waals surface area contributed by atoms with Crippen LogP contribution in [-0.4, -0.2) is 58.2 Å². The van der Waals surface area contributed by atoms with Crippen LogP contribution in [0.5, 0.6) is 0 Å². The molecule has 0 N–H and O–H groups in total. The lowest BCUT2D eigenvalue weighted by Crippen LogP contribution is -2.46. The van der Waals surface area contributed by atoms with E-state index in [1.807, 2.05) is 23.9 Å². The van der Waals surface area contributed by atoms with E-state index >= 15 is 0 Å². The predicted molar refractivity (Wildman–Crippen MR) is 112 cm³/mol. The van der Waals surface area contributed by atoms with Crippen molar-refractivity contribution in [1.29, 1.82) is 0 Å². The van der Waals surface area contributed by atoms with Crippen LogP contribution in [-0.2, 0) is 11.3 Å². The van der Waals surface area contributed by atoms with Gasteiger partial charge in [0.05, 0.1) is 5.69 Å². The van der Waals surface area contributed by atoms with Crippen LogP contribution in [0.15, 0.2) is 12.3 Å². The molecule has 3 aliphatic rings. The zero-order chi connectivity index (χ0) is 19.4. The van der Waals surface area contributed by atoms with Gasteiger partial charge in [0, 0.05) is 44.2 Å². The molecule has 2 saturated heterocycles. The monoisotopic (exact) mass is 386 g/mol. The van der Waals surface area contributed by atoms with Crippen molar-refractivity contribution in [2.75, 3.05) is 32.7 Å². The quantitative estimate of drug-likeness (QED) is 0.745. The Kier molecular flexibility index (Phi) is 6.39. The molecule has 1 aromatic heterocycles. The molecule has 3 heterocycles. The van der Waals surface area contributed by atoms with Gasteiger partial charge in [0.25, 0.3) is 0 Å². The molecule has 3 fully saturated rings. The molecule has 1 atom stereocenters. The van der Waals surface area contributed by atoms with Crippen LogP contribution in [0.25, 0.3) is 0 Å². The lowest BCUT2D eigenvalue weighted by atomic mass is 9.79. The molecule has 1 aromatic rings. The van der Waals surface area contributed by atoms with E-state index in [2.05, 4.69) is 14.9 Å². The van der Waals surface area contributed by atoms with Crippen LogP contribution < -0.4 is 0 Å². The number of amides is 1. The molecule has 0 radical (unpaired) electrons. The van der Waals surface area contributed by atoms with Crippen molar-refractivity contribution in [2.24, 2.45) is 11.3 Å². The first-order valence-electron chi connectivity index (χ1n) is 11.6. The first-order valence-corrected chi connectivity index (χ1v) is 11.6. The minimum absolute atomic E-state index is 0.310. The van der Waals surface area contributed by atoms with Crippen molar-refractivity contribution in [3.8, 4) is 0 Å². The van der Waals surface area contributed by atoms with Gasteiger partial charge < -0.3 is 9.80 Å². The molecule has 0 bridgehead atoms. The first kappa shape index (κ1) is 19.9. The second-order valence-electron chi connectivity index (χ2n) is 9.71. The minimum Gasteiger partial charge on any atom is -0.342 e. The van der Waals surface area contributed by atoms with Crippen LogP contribution in [0, 0.1) is 18.3 Å². The van der Waals surface area contributed by atoms with E-state index in [9.17, 15) is 4.79 Å². The summed E-state index contributed by atoms with van der Waals surface area (Å²) in [6.45, 7) is 8.37. The number of hydrogen-bond donors (Lipinski definition) is 0. The van der Waals surface area contributed by atoms with Gasteiger partial charge in [-0.05, 0) is 57.7 Å². The molecule has 1 unspecified atom stereocenters. The number of likely N-dealkylation sites (tertiary alicyclic amines) is 2. The highest BCUT2D eigenvalue weighted by Crippen LogP contribution is 2.39. The summed E-state index contributed by atoms with van der Waals surface area (Å²) < 4.78 is 1.90. The molecule has 1 aliphatic carbocycles. The van der Waals surface area contributed by atoms with Crippen molar-refractivity contribution in [3.63, 3.8) is 0 Å². The van der Waals surface area contributed by atoms with Crippen LogP contribution in [0.1, 0.15) is 69.9 Å². The molecule has 0 aromatic carbocycles. The molecule has 1 saturated carbocycles. The number of nitrogens with zero attached hydrogens (tertiary/aromatic N) is 4. The molecular weight excluding hydrogens is 348 g/mol. The van der Waals surface area contributed by atoms with E-state index in [4.69, 9.17) is 0 Å². The van der Waals surface area contributed by atoms with Gasteiger partial charge in [0.2, 0.25) is 5.91 Å². The number of carbonyl (C=O) groups is 1. The number of aryl methyl sites for hydroxylation is 2. The Hall–Kier alpha value is -1.36. The summed E-state index contributed by atoms with van der Waals surface area (Å²) >= 11 is 0. The number of piperidine rings is 1. The van der Waals surface area contributed by atoms with E-state index in [1.54, 1.807) is 0 Å². The number of carbonyl (C=O) groups excluding carboxylic acids is 1. The third kappa shape index (κ3) is 4.97. The van der Waals surface area contributed by atoms with Crippen molar-refractivity contribution >= 4 is 5.91 Å². The molecule has 5 heteroatoms. The average Bonchev–Trinajstić information content (AvgIpc) is 3.32. The molecular formula is C23H38N4O. The van der Waals surface area contributed by atoms with Gasteiger partial charge >= 0.3 is 0 Å². The number of aromatic nitrogens is 2. The third-order valence-corrected chi connectivity index (χ3v) is 7.44. The van der Waals surface area contributed by atoms with Gasteiger partial charge in [-0.2, -0.15) is 5.10 Å². The normalized spacial score (nSPS) is 27.0. The van der Waals surface area contributed by atoms with Gasteiger partial charge in [-0.25, -0.2) is 0 Å². The largest absolute Gasteiger partial charge is 0.342 e. The molecule has 28 heavy (non-hydrogen) atoms. The van der Waals surface area contributed by atoms with Crippen LogP contribution in [0.3, 0.4) is 0 Å².